The van der Waals surface area contributed by atoms with Gasteiger partial charge < -0.3 is 10.2 Å². The lowest BCUT2D eigenvalue weighted by Gasteiger charge is -2.31. The molecule has 0 bridgehead atoms. The molecule has 0 radical (unpaired) electrons. The number of nitrogens with zero attached hydrogens (tertiary/aromatic N) is 1. The molecule has 1 N–H and O–H groups in total. The minimum Gasteiger partial charge on any atom is -0.317 e. The van der Waals surface area contributed by atoms with Gasteiger partial charge >= 0.3 is 0 Å². The van der Waals surface area contributed by atoms with Crippen molar-refractivity contribution in [1.82, 2.24) is 10.2 Å². The van der Waals surface area contributed by atoms with Crippen LogP contribution in [-0.4, -0.2) is 37.1 Å². The molecule has 0 aromatic rings. The largest absolute Gasteiger partial charge is 0.317 e. The SMILES string of the molecule is CC(C)CN(CCC1CCNCC1)C(C)C.Cl. The summed E-state index contributed by atoms with van der Waals surface area (Å²) in [5, 5.41) is 3.44. The van der Waals surface area contributed by atoms with E-state index >= 15 is 0 Å². The first-order valence-corrected chi connectivity index (χ1v) is 7.04. The van der Waals surface area contributed by atoms with Crippen LogP contribution in [0.2, 0.25) is 0 Å². The maximum absolute atomic E-state index is 3.44. The fourth-order valence-electron chi connectivity index (χ4n) is 2.55. The topological polar surface area (TPSA) is 15.3 Å². The van der Waals surface area contributed by atoms with Crippen molar-refractivity contribution in [3.8, 4) is 0 Å². The maximum Gasteiger partial charge on any atom is 0.00387 e. The summed E-state index contributed by atoms with van der Waals surface area (Å²) in [5.41, 5.74) is 0. The molecular formula is C14H31ClN2. The van der Waals surface area contributed by atoms with Gasteiger partial charge in [-0.05, 0) is 64.6 Å². The molecule has 1 fully saturated rings. The van der Waals surface area contributed by atoms with E-state index in [0.717, 1.165) is 11.8 Å². The van der Waals surface area contributed by atoms with Gasteiger partial charge in [-0.1, -0.05) is 13.8 Å². The van der Waals surface area contributed by atoms with Gasteiger partial charge in [0.1, 0.15) is 0 Å². The van der Waals surface area contributed by atoms with Crippen LogP contribution < -0.4 is 5.32 Å². The first kappa shape index (κ1) is 17.2. The Balaban J connectivity index is 0.00000256. The third-order valence-corrected chi connectivity index (χ3v) is 3.61. The molecule has 2 nitrogen and oxygen atoms in total. The Labute approximate surface area is 114 Å². The lowest BCUT2D eigenvalue weighted by molar-refractivity contribution is 0.177. The van der Waals surface area contributed by atoms with E-state index in [1.54, 1.807) is 0 Å². The summed E-state index contributed by atoms with van der Waals surface area (Å²) in [4.78, 5) is 2.65. The molecule has 0 atom stereocenters. The normalized spacial score (nSPS) is 17.8. The fraction of sp³-hybridized carbons (Fsp3) is 1.00. The number of hydrogen-bond acceptors (Lipinski definition) is 2. The van der Waals surface area contributed by atoms with E-state index < -0.39 is 0 Å². The van der Waals surface area contributed by atoms with Gasteiger partial charge in [-0.25, -0.2) is 0 Å². The van der Waals surface area contributed by atoms with Crippen molar-refractivity contribution in [3.63, 3.8) is 0 Å². The molecular weight excluding hydrogens is 232 g/mol. The quantitative estimate of drug-likeness (QED) is 0.791. The number of halogens is 1. The molecule has 0 aromatic carbocycles. The van der Waals surface area contributed by atoms with Crippen LogP contribution in [-0.2, 0) is 0 Å². The second kappa shape index (κ2) is 9.18. The molecule has 0 spiro atoms. The van der Waals surface area contributed by atoms with Gasteiger partial charge in [0.2, 0.25) is 0 Å². The third kappa shape index (κ3) is 7.28. The van der Waals surface area contributed by atoms with Crippen LogP contribution in [0.3, 0.4) is 0 Å². The van der Waals surface area contributed by atoms with E-state index in [4.69, 9.17) is 0 Å². The Hall–Kier alpha value is 0.210. The number of rotatable bonds is 6. The summed E-state index contributed by atoms with van der Waals surface area (Å²) in [5.74, 6) is 1.75. The van der Waals surface area contributed by atoms with Crippen molar-refractivity contribution >= 4 is 12.4 Å². The highest BCUT2D eigenvalue weighted by Crippen LogP contribution is 2.17. The zero-order valence-corrected chi connectivity index (χ0v) is 12.9. The Morgan fingerprint density at radius 2 is 1.71 bits per heavy atom. The molecule has 1 aliphatic heterocycles. The molecule has 104 valence electrons. The van der Waals surface area contributed by atoms with Crippen molar-refractivity contribution in [2.45, 2.75) is 53.0 Å². The van der Waals surface area contributed by atoms with Gasteiger partial charge in [0.25, 0.3) is 0 Å². The predicted octanol–water partition coefficient (Wildman–Crippen LogP) is 3.16. The van der Waals surface area contributed by atoms with E-state index in [-0.39, 0.29) is 12.4 Å². The van der Waals surface area contributed by atoms with Crippen LogP contribution in [0, 0.1) is 11.8 Å². The lowest BCUT2D eigenvalue weighted by Crippen LogP contribution is -2.37. The van der Waals surface area contributed by atoms with Gasteiger partial charge in [-0.15, -0.1) is 12.4 Å². The minimum absolute atomic E-state index is 0. The van der Waals surface area contributed by atoms with Crippen LogP contribution in [0.1, 0.15) is 47.0 Å². The molecule has 1 rings (SSSR count). The monoisotopic (exact) mass is 262 g/mol. The zero-order valence-electron chi connectivity index (χ0n) is 12.0. The molecule has 17 heavy (non-hydrogen) atoms. The average molecular weight is 263 g/mol. The molecule has 1 aliphatic rings. The number of hydrogen-bond donors (Lipinski definition) is 1. The summed E-state index contributed by atoms with van der Waals surface area (Å²) >= 11 is 0. The van der Waals surface area contributed by atoms with E-state index in [1.165, 1.54) is 45.4 Å². The summed E-state index contributed by atoms with van der Waals surface area (Å²) in [7, 11) is 0. The Bertz CT molecular complexity index is 177. The molecule has 0 aromatic heterocycles. The molecule has 0 aliphatic carbocycles. The number of nitrogens with one attached hydrogen (secondary N) is 1. The minimum atomic E-state index is 0. The van der Waals surface area contributed by atoms with Crippen molar-refractivity contribution in [3.05, 3.63) is 0 Å². The van der Waals surface area contributed by atoms with E-state index in [1.807, 2.05) is 0 Å². The molecule has 1 heterocycles. The fourth-order valence-corrected chi connectivity index (χ4v) is 2.55. The molecule has 1 saturated heterocycles. The molecule has 0 unspecified atom stereocenters. The highest BCUT2D eigenvalue weighted by molar-refractivity contribution is 5.85. The third-order valence-electron chi connectivity index (χ3n) is 3.61. The van der Waals surface area contributed by atoms with E-state index in [9.17, 15) is 0 Å². The smallest absolute Gasteiger partial charge is 0.00387 e. The van der Waals surface area contributed by atoms with Crippen LogP contribution in [0.5, 0.6) is 0 Å². The maximum atomic E-state index is 3.44. The first-order chi connectivity index (χ1) is 7.59. The van der Waals surface area contributed by atoms with Crippen LogP contribution >= 0.6 is 12.4 Å². The van der Waals surface area contributed by atoms with E-state index in [0.29, 0.717) is 6.04 Å². The summed E-state index contributed by atoms with van der Waals surface area (Å²) in [6.45, 7) is 14.3. The highest BCUT2D eigenvalue weighted by Gasteiger charge is 2.16. The van der Waals surface area contributed by atoms with E-state index in [2.05, 4.69) is 37.9 Å². The highest BCUT2D eigenvalue weighted by atomic mass is 35.5. The van der Waals surface area contributed by atoms with Crippen molar-refractivity contribution in [1.29, 1.82) is 0 Å². The van der Waals surface area contributed by atoms with Gasteiger partial charge in [0, 0.05) is 12.6 Å². The Kier molecular flexibility index (Phi) is 9.29. The van der Waals surface area contributed by atoms with Crippen LogP contribution in [0.4, 0.5) is 0 Å². The first-order valence-electron chi connectivity index (χ1n) is 7.04. The molecule has 0 saturated carbocycles. The summed E-state index contributed by atoms with van der Waals surface area (Å²) in [6.07, 6.45) is 4.16. The van der Waals surface area contributed by atoms with Crippen molar-refractivity contribution < 1.29 is 0 Å². The van der Waals surface area contributed by atoms with Gasteiger partial charge in [0.05, 0.1) is 0 Å². The Morgan fingerprint density at radius 3 is 2.18 bits per heavy atom. The van der Waals surface area contributed by atoms with Gasteiger partial charge in [-0.3, -0.25) is 0 Å². The van der Waals surface area contributed by atoms with Crippen LogP contribution in [0.15, 0.2) is 0 Å². The molecule has 3 heteroatoms. The summed E-state index contributed by atoms with van der Waals surface area (Å²) in [6, 6.07) is 0.698. The van der Waals surface area contributed by atoms with Crippen molar-refractivity contribution in [2.75, 3.05) is 26.2 Å². The second-order valence-electron chi connectivity index (χ2n) is 5.96. The predicted molar refractivity (Wildman–Crippen MR) is 79.0 cm³/mol. The second-order valence-corrected chi connectivity index (χ2v) is 5.96. The van der Waals surface area contributed by atoms with Crippen molar-refractivity contribution in [2.24, 2.45) is 11.8 Å². The zero-order chi connectivity index (χ0) is 12.0. The van der Waals surface area contributed by atoms with Gasteiger partial charge in [0.15, 0.2) is 0 Å². The van der Waals surface area contributed by atoms with Gasteiger partial charge in [-0.2, -0.15) is 0 Å². The Morgan fingerprint density at radius 1 is 1.12 bits per heavy atom. The summed E-state index contributed by atoms with van der Waals surface area (Å²) < 4.78 is 0. The lowest BCUT2D eigenvalue weighted by atomic mass is 9.94. The molecule has 0 amide bonds. The standard InChI is InChI=1S/C14H30N2.ClH/c1-12(2)11-16(13(3)4)10-7-14-5-8-15-9-6-14;/h12-15H,5-11H2,1-4H3;1H. The average Bonchev–Trinajstić information content (AvgIpc) is 2.25. The van der Waals surface area contributed by atoms with Crippen LogP contribution in [0.25, 0.3) is 0 Å². The number of piperidine rings is 1.